The van der Waals surface area contributed by atoms with Gasteiger partial charge in [-0.15, -0.1) is 0 Å². The number of hydrogen-bond acceptors (Lipinski definition) is 4. The van der Waals surface area contributed by atoms with Crippen LogP contribution in [0.2, 0.25) is 0 Å². The summed E-state index contributed by atoms with van der Waals surface area (Å²) in [5, 5.41) is 3.41. The fourth-order valence-electron chi connectivity index (χ4n) is 3.14. The van der Waals surface area contributed by atoms with Crippen molar-refractivity contribution in [1.29, 1.82) is 0 Å². The summed E-state index contributed by atoms with van der Waals surface area (Å²) in [6.45, 7) is 13.0. The summed E-state index contributed by atoms with van der Waals surface area (Å²) < 4.78 is 5.67. The van der Waals surface area contributed by atoms with Gasteiger partial charge in [0.25, 0.3) is 6.01 Å². The van der Waals surface area contributed by atoms with Crippen molar-refractivity contribution in [3.63, 3.8) is 0 Å². The van der Waals surface area contributed by atoms with Gasteiger partial charge in [0.2, 0.25) is 0 Å². The molecule has 120 valence electrons. The Kier molecular flexibility index (Phi) is 5.68. The second-order valence-corrected chi connectivity index (χ2v) is 6.84. The van der Waals surface area contributed by atoms with Crippen molar-refractivity contribution in [2.75, 3.05) is 24.5 Å². The van der Waals surface area contributed by atoms with Gasteiger partial charge in [-0.25, -0.2) is 0 Å². The standard InChI is InChI=1S/C17H31N3O/c1-5-17(6-2)7-9-20(10-8-17)16-19-15(13-21-16)12-18-11-14(3)4/h13-14,18H,5-12H2,1-4H3. The minimum atomic E-state index is 0.546. The predicted molar refractivity (Wildman–Crippen MR) is 87.5 cm³/mol. The second kappa shape index (κ2) is 7.30. The van der Waals surface area contributed by atoms with Crippen molar-refractivity contribution in [3.8, 4) is 0 Å². The largest absolute Gasteiger partial charge is 0.432 e. The van der Waals surface area contributed by atoms with E-state index in [4.69, 9.17) is 4.42 Å². The van der Waals surface area contributed by atoms with E-state index in [0.29, 0.717) is 11.3 Å². The normalized spacial score (nSPS) is 18.4. The molecule has 4 heteroatoms. The fraction of sp³-hybridized carbons (Fsp3) is 0.824. The number of rotatable bonds is 7. The van der Waals surface area contributed by atoms with E-state index < -0.39 is 0 Å². The van der Waals surface area contributed by atoms with E-state index in [2.05, 4.69) is 42.9 Å². The fourth-order valence-corrected chi connectivity index (χ4v) is 3.14. The zero-order chi connectivity index (χ0) is 15.3. The molecule has 0 aliphatic carbocycles. The van der Waals surface area contributed by atoms with Crippen LogP contribution in [0.1, 0.15) is 59.1 Å². The highest BCUT2D eigenvalue weighted by atomic mass is 16.4. The van der Waals surface area contributed by atoms with Crippen LogP contribution in [0, 0.1) is 11.3 Å². The molecule has 0 saturated carbocycles. The summed E-state index contributed by atoms with van der Waals surface area (Å²) in [4.78, 5) is 6.93. The SMILES string of the molecule is CCC1(CC)CCN(c2nc(CNCC(C)C)co2)CC1. The molecule has 2 rings (SSSR count). The lowest BCUT2D eigenvalue weighted by molar-refractivity contribution is 0.196. The molecule has 0 spiro atoms. The number of hydrogen-bond donors (Lipinski definition) is 1. The van der Waals surface area contributed by atoms with Crippen LogP contribution in [0.5, 0.6) is 0 Å². The van der Waals surface area contributed by atoms with Crippen molar-refractivity contribution >= 4 is 6.01 Å². The average Bonchev–Trinajstić information content (AvgIpc) is 2.96. The number of nitrogens with zero attached hydrogens (tertiary/aromatic N) is 2. The van der Waals surface area contributed by atoms with E-state index in [-0.39, 0.29) is 0 Å². The van der Waals surface area contributed by atoms with E-state index in [1.165, 1.54) is 25.7 Å². The molecule has 1 aliphatic rings. The van der Waals surface area contributed by atoms with Gasteiger partial charge in [0.15, 0.2) is 0 Å². The molecule has 1 fully saturated rings. The van der Waals surface area contributed by atoms with Gasteiger partial charge in [-0.3, -0.25) is 0 Å². The van der Waals surface area contributed by atoms with Gasteiger partial charge in [-0.2, -0.15) is 4.98 Å². The quantitative estimate of drug-likeness (QED) is 0.829. The molecule has 1 aliphatic heterocycles. The summed E-state index contributed by atoms with van der Waals surface area (Å²) in [6, 6.07) is 0.803. The van der Waals surface area contributed by atoms with Crippen LogP contribution in [0.15, 0.2) is 10.7 Å². The lowest BCUT2D eigenvalue weighted by atomic mass is 9.74. The Hall–Kier alpha value is -1.03. The molecule has 0 amide bonds. The van der Waals surface area contributed by atoms with E-state index in [0.717, 1.165) is 37.9 Å². The van der Waals surface area contributed by atoms with Gasteiger partial charge >= 0.3 is 0 Å². The molecule has 21 heavy (non-hydrogen) atoms. The molecular formula is C17H31N3O. The Labute approximate surface area is 129 Å². The van der Waals surface area contributed by atoms with Crippen LogP contribution in [0.25, 0.3) is 0 Å². The van der Waals surface area contributed by atoms with Crippen LogP contribution in [0.4, 0.5) is 6.01 Å². The summed E-state index contributed by atoms with van der Waals surface area (Å²) in [5.74, 6) is 0.662. The summed E-state index contributed by atoms with van der Waals surface area (Å²) >= 11 is 0. The van der Waals surface area contributed by atoms with Gasteiger partial charge in [0.05, 0.1) is 5.69 Å². The van der Waals surface area contributed by atoms with Gasteiger partial charge < -0.3 is 14.6 Å². The molecule has 0 radical (unpaired) electrons. The first-order chi connectivity index (χ1) is 10.1. The maximum Gasteiger partial charge on any atom is 0.297 e. The Morgan fingerprint density at radius 3 is 2.52 bits per heavy atom. The predicted octanol–water partition coefficient (Wildman–Crippen LogP) is 3.83. The molecule has 1 aromatic heterocycles. The smallest absolute Gasteiger partial charge is 0.297 e. The summed E-state index contributed by atoms with van der Waals surface area (Å²) in [6.07, 6.45) is 6.87. The molecule has 0 aromatic carbocycles. The first-order valence-electron chi connectivity index (χ1n) is 8.48. The number of anilines is 1. The van der Waals surface area contributed by atoms with Gasteiger partial charge in [0, 0.05) is 19.6 Å². The number of oxazole rings is 1. The Morgan fingerprint density at radius 2 is 1.95 bits per heavy atom. The third kappa shape index (κ3) is 4.22. The highest BCUT2D eigenvalue weighted by molar-refractivity contribution is 5.28. The highest BCUT2D eigenvalue weighted by Crippen LogP contribution is 2.38. The zero-order valence-corrected chi connectivity index (χ0v) is 14.1. The van der Waals surface area contributed by atoms with Crippen LogP contribution < -0.4 is 10.2 Å². The number of nitrogens with one attached hydrogen (secondary N) is 1. The zero-order valence-electron chi connectivity index (χ0n) is 14.1. The first kappa shape index (κ1) is 16.3. The molecule has 2 heterocycles. The molecule has 1 aromatic rings. The second-order valence-electron chi connectivity index (χ2n) is 6.84. The van der Waals surface area contributed by atoms with Gasteiger partial charge in [0.1, 0.15) is 6.26 Å². The molecule has 0 unspecified atom stereocenters. The minimum absolute atomic E-state index is 0.546. The monoisotopic (exact) mass is 293 g/mol. The lowest BCUT2D eigenvalue weighted by Gasteiger charge is -2.40. The van der Waals surface area contributed by atoms with E-state index in [1.54, 1.807) is 6.26 Å². The highest BCUT2D eigenvalue weighted by Gasteiger charge is 2.32. The number of aromatic nitrogens is 1. The molecule has 1 saturated heterocycles. The number of piperidine rings is 1. The van der Waals surface area contributed by atoms with Gasteiger partial charge in [-0.1, -0.05) is 40.5 Å². The van der Waals surface area contributed by atoms with Crippen molar-refractivity contribution in [3.05, 3.63) is 12.0 Å². The molecule has 1 N–H and O–H groups in total. The van der Waals surface area contributed by atoms with E-state index in [9.17, 15) is 0 Å². The van der Waals surface area contributed by atoms with Crippen LogP contribution >= 0.6 is 0 Å². The van der Waals surface area contributed by atoms with Crippen molar-refractivity contribution < 1.29 is 4.42 Å². The molecular weight excluding hydrogens is 262 g/mol. The minimum Gasteiger partial charge on any atom is -0.432 e. The maximum atomic E-state index is 5.67. The summed E-state index contributed by atoms with van der Waals surface area (Å²) in [5.41, 5.74) is 1.55. The van der Waals surface area contributed by atoms with E-state index >= 15 is 0 Å². The molecule has 0 atom stereocenters. The summed E-state index contributed by atoms with van der Waals surface area (Å²) in [7, 11) is 0. The Morgan fingerprint density at radius 1 is 1.29 bits per heavy atom. The van der Waals surface area contributed by atoms with Crippen molar-refractivity contribution in [1.82, 2.24) is 10.3 Å². The topological polar surface area (TPSA) is 41.3 Å². The van der Waals surface area contributed by atoms with Gasteiger partial charge in [-0.05, 0) is 30.7 Å². The first-order valence-corrected chi connectivity index (χ1v) is 8.48. The lowest BCUT2D eigenvalue weighted by Crippen LogP contribution is -2.39. The van der Waals surface area contributed by atoms with Crippen LogP contribution in [0.3, 0.4) is 0 Å². The van der Waals surface area contributed by atoms with Crippen molar-refractivity contribution in [2.24, 2.45) is 11.3 Å². The van der Waals surface area contributed by atoms with Crippen LogP contribution in [-0.2, 0) is 6.54 Å². The van der Waals surface area contributed by atoms with Crippen molar-refractivity contribution in [2.45, 2.75) is 59.9 Å². The molecule has 4 nitrogen and oxygen atoms in total. The third-order valence-electron chi connectivity index (χ3n) is 4.99. The average molecular weight is 293 g/mol. The van der Waals surface area contributed by atoms with E-state index in [1.807, 2.05) is 0 Å². The Bertz CT molecular complexity index is 413. The third-order valence-corrected chi connectivity index (χ3v) is 4.99. The Balaban J connectivity index is 1.85. The van der Waals surface area contributed by atoms with Crippen LogP contribution in [-0.4, -0.2) is 24.6 Å². The maximum absolute atomic E-state index is 5.67. The molecule has 0 bridgehead atoms.